The molecule has 1 saturated carbocycles. The van der Waals surface area contributed by atoms with Crippen molar-refractivity contribution in [1.29, 1.82) is 0 Å². The molecule has 0 aromatic carbocycles. The van der Waals surface area contributed by atoms with Crippen LogP contribution in [0.3, 0.4) is 0 Å². The number of nitrogens with one attached hydrogen (secondary N) is 2. The molecule has 0 spiro atoms. The van der Waals surface area contributed by atoms with Crippen molar-refractivity contribution in [3.8, 4) is 0 Å². The van der Waals surface area contributed by atoms with Gasteiger partial charge in [-0.15, -0.1) is 35.3 Å². The van der Waals surface area contributed by atoms with Gasteiger partial charge in [0.05, 0.1) is 6.54 Å². The number of carbonyl (C=O) groups is 1. The second-order valence-electron chi connectivity index (χ2n) is 6.50. The number of nitrogens with zero attached hydrogens (tertiary/aromatic N) is 2. The SMILES string of the molecule is CC1CCCC(NC(=NCC(=O)N(C)C)NCc2cccs2)C1.I. The Hall–Kier alpha value is -0.830. The molecule has 0 saturated heterocycles. The van der Waals surface area contributed by atoms with E-state index in [0.29, 0.717) is 6.04 Å². The van der Waals surface area contributed by atoms with Gasteiger partial charge >= 0.3 is 0 Å². The van der Waals surface area contributed by atoms with Gasteiger partial charge in [-0.05, 0) is 30.2 Å². The minimum Gasteiger partial charge on any atom is -0.354 e. The topological polar surface area (TPSA) is 56.7 Å². The summed E-state index contributed by atoms with van der Waals surface area (Å²) < 4.78 is 0. The van der Waals surface area contributed by atoms with Crippen LogP contribution in [0.25, 0.3) is 0 Å². The lowest BCUT2D eigenvalue weighted by Gasteiger charge is -2.29. The molecule has 1 aliphatic carbocycles. The molecule has 136 valence electrons. The number of carbonyl (C=O) groups excluding carboxylic acids is 1. The molecule has 2 unspecified atom stereocenters. The van der Waals surface area contributed by atoms with Crippen molar-refractivity contribution in [3.05, 3.63) is 22.4 Å². The minimum atomic E-state index is 0. The summed E-state index contributed by atoms with van der Waals surface area (Å²) in [7, 11) is 3.51. The number of hydrogen-bond acceptors (Lipinski definition) is 3. The van der Waals surface area contributed by atoms with Crippen molar-refractivity contribution in [2.45, 2.75) is 45.2 Å². The van der Waals surface area contributed by atoms with Crippen LogP contribution in [0.1, 0.15) is 37.5 Å². The van der Waals surface area contributed by atoms with Crippen LogP contribution in [0.4, 0.5) is 0 Å². The van der Waals surface area contributed by atoms with E-state index in [0.717, 1.165) is 18.4 Å². The fourth-order valence-corrected chi connectivity index (χ4v) is 3.43. The number of likely N-dealkylation sites (N-methyl/N-ethyl adjacent to an activating group) is 1. The van der Waals surface area contributed by atoms with Gasteiger partial charge in [0.15, 0.2) is 5.96 Å². The van der Waals surface area contributed by atoms with Crippen LogP contribution in [0.5, 0.6) is 0 Å². The molecule has 1 heterocycles. The second kappa shape index (κ2) is 10.9. The lowest BCUT2D eigenvalue weighted by atomic mass is 9.87. The monoisotopic (exact) mass is 464 g/mol. The van der Waals surface area contributed by atoms with Crippen molar-refractivity contribution in [2.24, 2.45) is 10.9 Å². The first-order chi connectivity index (χ1) is 11.0. The average Bonchev–Trinajstić information content (AvgIpc) is 3.03. The van der Waals surface area contributed by atoms with Gasteiger partial charge in [0.25, 0.3) is 0 Å². The first kappa shape index (κ1) is 21.2. The summed E-state index contributed by atoms with van der Waals surface area (Å²) in [6.45, 7) is 3.22. The van der Waals surface area contributed by atoms with E-state index in [1.807, 2.05) is 6.07 Å². The lowest BCUT2D eigenvalue weighted by Crippen LogP contribution is -2.45. The first-order valence-electron chi connectivity index (χ1n) is 8.32. The summed E-state index contributed by atoms with van der Waals surface area (Å²) in [5.41, 5.74) is 0. The number of halogens is 1. The average molecular weight is 464 g/mol. The third kappa shape index (κ3) is 7.38. The van der Waals surface area contributed by atoms with Crippen LogP contribution >= 0.6 is 35.3 Å². The number of rotatable bonds is 5. The molecule has 2 N–H and O–H groups in total. The van der Waals surface area contributed by atoms with Crippen molar-refractivity contribution in [1.82, 2.24) is 15.5 Å². The van der Waals surface area contributed by atoms with Crippen LogP contribution < -0.4 is 10.6 Å². The van der Waals surface area contributed by atoms with Crippen LogP contribution in [-0.2, 0) is 11.3 Å². The maximum absolute atomic E-state index is 11.8. The van der Waals surface area contributed by atoms with E-state index in [1.54, 1.807) is 30.3 Å². The van der Waals surface area contributed by atoms with Crippen LogP contribution in [0.15, 0.2) is 22.5 Å². The molecule has 0 aliphatic heterocycles. The molecule has 7 heteroatoms. The van der Waals surface area contributed by atoms with Gasteiger partial charge in [-0.1, -0.05) is 25.8 Å². The highest BCUT2D eigenvalue weighted by Crippen LogP contribution is 2.23. The number of hydrogen-bond donors (Lipinski definition) is 2. The van der Waals surface area contributed by atoms with E-state index in [4.69, 9.17) is 0 Å². The van der Waals surface area contributed by atoms with Crippen LogP contribution in [0, 0.1) is 5.92 Å². The van der Waals surface area contributed by atoms with Crippen molar-refractivity contribution in [2.75, 3.05) is 20.6 Å². The molecule has 1 amide bonds. The predicted molar refractivity (Wildman–Crippen MR) is 112 cm³/mol. The number of aliphatic imine (C=N–C) groups is 1. The summed E-state index contributed by atoms with van der Waals surface area (Å²) in [6, 6.07) is 4.59. The Morgan fingerprint density at radius 2 is 2.21 bits per heavy atom. The van der Waals surface area contributed by atoms with E-state index >= 15 is 0 Å². The molecule has 1 aliphatic rings. The van der Waals surface area contributed by atoms with Gasteiger partial charge in [-0.25, -0.2) is 4.99 Å². The Bertz CT molecular complexity index is 519. The summed E-state index contributed by atoms with van der Waals surface area (Å²) in [6.07, 6.45) is 4.91. The Morgan fingerprint density at radius 3 is 2.83 bits per heavy atom. The van der Waals surface area contributed by atoms with Crippen molar-refractivity contribution < 1.29 is 4.79 Å². The first-order valence-corrected chi connectivity index (χ1v) is 9.20. The fourth-order valence-electron chi connectivity index (χ4n) is 2.78. The Morgan fingerprint density at radius 1 is 1.42 bits per heavy atom. The highest BCUT2D eigenvalue weighted by atomic mass is 127. The zero-order valence-corrected chi connectivity index (χ0v) is 17.9. The van der Waals surface area contributed by atoms with E-state index in [-0.39, 0.29) is 36.4 Å². The van der Waals surface area contributed by atoms with Crippen molar-refractivity contribution in [3.63, 3.8) is 0 Å². The Labute approximate surface area is 166 Å². The third-order valence-electron chi connectivity index (χ3n) is 4.16. The molecular formula is C17H29IN4OS. The van der Waals surface area contributed by atoms with E-state index in [1.165, 1.54) is 30.6 Å². The molecule has 0 bridgehead atoms. The van der Waals surface area contributed by atoms with E-state index in [9.17, 15) is 4.79 Å². The molecule has 2 rings (SSSR count). The molecular weight excluding hydrogens is 435 g/mol. The summed E-state index contributed by atoms with van der Waals surface area (Å²) in [5, 5.41) is 8.94. The molecule has 2 atom stereocenters. The standard InChI is InChI=1S/C17H28N4OS.HI/c1-13-6-4-7-14(10-13)20-17(19-12-16(22)21(2)3)18-11-15-8-5-9-23-15;/h5,8-9,13-14H,4,6-7,10-12H2,1-3H3,(H2,18,19,20);1H. The van der Waals surface area contributed by atoms with Crippen LogP contribution in [-0.4, -0.2) is 43.4 Å². The number of thiophene rings is 1. The highest BCUT2D eigenvalue weighted by molar-refractivity contribution is 14.0. The number of amides is 1. The van der Waals surface area contributed by atoms with E-state index < -0.39 is 0 Å². The van der Waals surface area contributed by atoms with E-state index in [2.05, 4.69) is 34.0 Å². The minimum absolute atomic E-state index is 0. The van der Waals surface area contributed by atoms with Crippen LogP contribution in [0.2, 0.25) is 0 Å². The molecule has 24 heavy (non-hydrogen) atoms. The molecule has 1 aromatic heterocycles. The Balaban J connectivity index is 0.00000288. The summed E-state index contributed by atoms with van der Waals surface area (Å²) in [4.78, 5) is 19.1. The van der Waals surface area contributed by atoms with Gasteiger partial charge in [0.2, 0.25) is 5.91 Å². The maximum atomic E-state index is 11.8. The van der Waals surface area contributed by atoms with Gasteiger partial charge in [-0.3, -0.25) is 4.79 Å². The quantitative estimate of drug-likeness (QED) is 0.400. The normalized spacial score (nSPS) is 20.9. The second-order valence-corrected chi connectivity index (χ2v) is 7.53. The Kier molecular flexibility index (Phi) is 9.65. The highest BCUT2D eigenvalue weighted by Gasteiger charge is 2.19. The molecule has 5 nitrogen and oxygen atoms in total. The lowest BCUT2D eigenvalue weighted by molar-refractivity contribution is -0.127. The zero-order chi connectivity index (χ0) is 16.7. The summed E-state index contributed by atoms with van der Waals surface area (Å²) >= 11 is 1.72. The maximum Gasteiger partial charge on any atom is 0.243 e. The fraction of sp³-hybridized carbons (Fsp3) is 0.647. The van der Waals surface area contributed by atoms with Gasteiger partial charge in [0.1, 0.15) is 6.54 Å². The largest absolute Gasteiger partial charge is 0.354 e. The predicted octanol–water partition coefficient (Wildman–Crippen LogP) is 3.07. The molecule has 1 fully saturated rings. The third-order valence-corrected chi connectivity index (χ3v) is 5.04. The molecule has 1 aromatic rings. The van der Waals surface area contributed by atoms with Gasteiger partial charge < -0.3 is 15.5 Å². The smallest absolute Gasteiger partial charge is 0.243 e. The van der Waals surface area contributed by atoms with Crippen molar-refractivity contribution >= 4 is 47.2 Å². The zero-order valence-electron chi connectivity index (χ0n) is 14.7. The summed E-state index contributed by atoms with van der Waals surface area (Å²) in [5.74, 6) is 1.51. The van der Waals surface area contributed by atoms with Gasteiger partial charge in [-0.2, -0.15) is 0 Å². The number of guanidine groups is 1. The van der Waals surface area contributed by atoms with Gasteiger partial charge in [0, 0.05) is 25.0 Å². The molecule has 0 radical (unpaired) electrons.